The van der Waals surface area contributed by atoms with E-state index in [1.165, 1.54) is 5.56 Å². The number of benzene rings is 1. The largest absolute Gasteiger partial charge is 1.00 e. The third kappa shape index (κ3) is 3.86. The van der Waals surface area contributed by atoms with Gasteiger partial charge in [0, 0.05) is 0 Å². The summed E-state index contributed by atoms with van der Waals surface area (Å²) in [4.78, 5) is 0. The predicted molar refractivity (Wildman–Crippen MR) is 45.1 cm³/mol. The standard InChI is InChI=1S/C10H13.K.H/c1-10(2,3)9-7-5-4-6-8-9;;/h5-8H,1-3H3;;/q-1;+1;-1. The molecule has 56 valence electrons. The maximum Gasteiger partial charge on any atom is 1.00 e. The summed E-state index contributed by atoms with van der Waals surface area (Å²) < 4.78 is 0. The molecule has 0 aromatic heterocycles. The van der Waals surface area contributed by atoms with Crippen LogP contribution in [0.5, 0.6) is 0 Å². The molecule has 1 aromatic rings. The van der Waals surface area contributed by atoms with Crippen LogP contribution >= 0.6 is 0 Å². The van der Waals surface area contributed by atoms with Crippen LogP contribution in [0.2, 0.25) is 0 Å². The molecular formula is C10H14K-. The monoisotopic (exact) mass is 173 g/mol. The molecule has 0 saturated carbocycles. The number of hydrogen-bond acceptors (Lipinski definition) is 0. The van der Waals surface area contributed by atoms with Crippen LogP contribution in [0.1, 0.15) is 27.8 Å². The fraction of sp³-hybridized carbons (Fsp3) is 0.400. The van der Waals surface area contributed by atoms with Crippen LogP contribution in [0.15, 0.2) is 24.3 Å². The maximum absolute atomic E-state index is 3.00. The Hall–Kier alpha value is 0.856. The molecule has 0 nitrogen and oxygen atoms in total. The topological polar surface area (TPSA) is 0 Å². The van der Waals surface area contributed by atoms with E-state index in [2.05, 4.69) is 39.0 Å². The third-order valence-electron chi connectivity index (χ3n) is 1.58. The normalized spacial score (nSPS) is 10.5. The first-order valence-electron chi connectivity index (χ1n) is 3.57. The maximum atomic E-state index is 3.00. The average Bonchev–Trinajstić information content (AvgIpc) is 1.88. The van der Waals surface area contributed by atoms with Crippen molar-refractivity contribution in [1.82, 2.24) is 0 Å². The summed E-state index contributed by atoms with van der Waals surface area (Å²) in [5, 5.41) is 0. The van der Waals surface area contributed by atoms with Gasteiger partial charge in [0.2, 0.25) is 0 Å². The van der Waals surface area contributed by atoms with Crippen molar-refractivity contribution in [3.8, 4) is 0 Å². The van der Waals surface area contributed by atoms with Crippen LogP contribution in [0.4, 0.5) is 0 Å². The van der Waals surface area contributed by atoms with Gasteiger partial charge in [-0.3, -0.25) is 0 Å². The summed E-state index contributed by atoms with van der Waals surface area (Å²) in [6.45, 7) is 6.63. The van der Waals surface area contributed by atoms with E-state index in [1.807, 2.05) is 12.1 Å². The molecule has 0 saturated heterocycles. The Morgan fingerprint density at radius 2 is 1.64 bits per heavy atom. The Labute approximate surface area is 113 Å². The Kier molecular flexibility index (Phi) is 5.15. The van der Waals surface area contributed by atoms with Crippen LogP contribution in [0, 0.1) is 6.07 Å². The van der Waals surface area contributed by atoms with Crippen molar-refractivity contribution in [2.45, 2.75) is 26.2 Å². The molecule has 0 radical (unpaired) electrons. The second kappa shape index (κ2) is 4.78. The first kappa shape index (κ1) is 11.9. The van der Waals surface area contributed by atoms with Crippen LogP contribution in [-0.4, -0.2) is 0 Å². The SMILES string of the molecule is CC(C)(C)c1cc[c-]cc1.[H-].[K+]. The molecule has 0 atom stereocenters. The Balaban J connectivity index is 0. The van der Waals surface area contributed by atoms with Crippen molar-refractivity contribution in [2.24, 2.45) is 0 Å². The van der Waals surface area contributed by atoms with Gasteiger partial charge >= 0.3 is 51.4 Å². The van der Waals surface area contributed by atoms with Crippen LogP contribution in [-0.2, 0) is 5.41 Å². The quantitative estimate of drug-likeness (QED) is 0.380. The van der Waals surface area contributed by atoms with Gasteiger partial charge in [-0.05, 0) is 5.41 Å². The van der Waals surface area contributed by atoms with Crippen molar-refractivity contribution >= 4 is 0 Å². The van der Waals surface area contributed by atoms with E-state index >= 15 is 0 Å². The minimum absolute atomic E-state index is 0. The van der Waals surface area contributed by atoms with E-state index in [4.69, 9.17) is 0 Å². The molecule has 0 aliphatic rings. The summed E-state index contributed by atoms with van der Waals surface area (Å²) in [6.07, 6.45) is 0. The summed E-state index contributed by atoms with van der Waals surface area (Å²) in [5.41, 5.74) is 1.64. The first-order valence-corrected chi connectivity index (χ1v) is 3.57. The first-order chi connectivity index (χ1) is 4.61. The molecule has 0 heterocycles. The molecule has 0 N–H and O–H groups in total. The minimum atomic E-state index is 0. The van der Waals surface area contributed by atoms with Crippen LogP contribution in [0.25, 0.3) is 0 Å². The fourth-order valence-electron chi connectivity index (χ4n) is 0.887. The molecule has 1 aromatic carbocycles. The molecule has 1 rings (SSSR count). The molecule has 0 unspecified atom stereocenters. The third-order valence-corrected chi connectivity index (χ3v) is 1.58. The molecule has 0 fully saturated rings. The van der Waals surface area contributed by atoms with E-state index < -0.39 is 0 Å². The van der Waals surface area contributed by atoms with Gasteiger partial charge in [-0.2, -0.15) is 35.9 Å². The van der Waals surface area contributed by atoms with E-state index in [9.17, 15) is 0 Å². The Bertz CT molecular complexity index is 201. The molecule has 0 aliphatic heterocycles. The van der Waals surface area contributed by atoms with E-state index in [0.717, 1.165) is 0 Å². The minimum Gasteiger partial charge on any atom is -1.00 e. The summed E-state index contributed by atoms with van der Waals surface area (Å²) >= 11 is 0. The van der Waals surface area contributed by atoms with Gasteiger partial charge < -0.3 is 1.43 Å². The van der Waals surface area contributed by atoms with E-state index in [1.54, 1.807) is 0 Å². The summed E-state index contributed by atoms with van der Waals surface area (Å²) in [7, 11) is 0. The Morgan fingerprint density at radius 3 is 1.91 bits per heavy atom. The van der Waals surface area contributed by atoms with Crippen LogP contribution in [0.3, 0.4) is 0 Å². The van der Waals surface area contributed by atoms with Gasteiger partial charge in [-0.15, -0.1) is 0 Å². The Morgan fingerprint density at radius 1 is 1.18 bits per heavy atom. The van der Waals surface area contributed by atoms with Crippen LogP contribution < -0.4 is 51.4 Å². The van der Waals surface area contributed by atoms with Crippen molar-refractivity contribution in [3.05, 3.63) is 35.9 Å². The van der Waals surface area contributed by atoms with Gasteiger partial charge in [0.15, 0.2) is 0 Å². The van der Waals surface area contributed by atoms with Gasteiger partial charge in [0.25, 0.3) is 0 Å². The van der Waals surface area contributed by atoms with Crippen molar-refractivity contribution in [3.63, 3.8) is 0 Å². The molecule has 0 aliphatic carbocycles. The number of rotatable bonds is 0. The predicted octanol–water partition coefficient (Wildman–Crippen LogP) is -0.0992. The van der Waals surface area contributed by atoms with E-state index in [-0.39, 0.29) is 58.2 Å². The summed E-state index contributed by atoms with van der Waals surface area (Å²) in [5.74, 6) is 0. The molecule has 0 amide bonds. The van der Waals surface area contributed by atoms with Crippen molar-refractivity contribution < 1.29 is 52.8 Å². The smallest absolute Gasteiger partial charge is 1.00 e. The van der Waals surface area contributed by atoms with E-state index in [0.29, 0.717) is 0 Å². The summed E-state index contributed by atoms with van der Waals surface area (Å²) in [6, 6.07) is 11.1. The zero-order chi connectivity index (χ0) is 7.61. The average molecular weight is 173 g/mol. The number of hydrogen-bond donors (Lipinski definition) is 0. The second-order valence-corrected chi connectivity index (χ2v) is 3.54. The zero-order valence-corrected chi connectivity index (χ0v) is 10.9. The van der Waals surface area contributed by atoms with Crippen molar-refractivity contribution in [1.29, 1.82) is 0 Å². The van der Waals surface area contributed by atoms with Gasteiger partial charge in [0.05, 0.1) is 0 Å². The fourth-order valence-corrected chi connectivity index (χ4v) is 0.887. The van der Waals surface area contributed by atoms with Gasteiger partial charge in [0.1, 0.15) is 0 Å². The molecule has 11 heavy (non-hydrogen) atoms. The molecule has 0 spiro atoms. The molecular weight excluding hydrogens is 159 g/mol. The molecule has 1 heteroatoms. The molecule has 0 bridgehead atoms. The van der Waals surface area contributed by atoms with Crippen molar-refractivity contribution in [2.75, 3.05) is 0 Å². The van der Waals surface area contributed by atoms with Gasteiger partial charge in [-0.1, -0.05) is 20.8 Å². The second-order valence-electron chi connectivity index (χ2n) is 3.54. The van der Waals surface area contributed by atoms with Gasteiger partial charge in [-0.25, -0.2) is 0 Å². The zero-order valence-electron chi connectivity index (χ0n) is 8.81.